The topological polar surface area (TPSA) is 58.6 Å². The van der Waals surface area contributed by atoms with E-state index in [4.69, 9.17) is 4.65 Å². The van der Waals surface area contributed by atoms with Crippen LogP contribution in [0, 0.1) is 5.92 Å². The molecule has 0 spiro atoms. The second-order valence-corrected chi connectivity index (χ2v) is 5.90. The Labute approximate surface area is 113 Å². The first-order chi connectivity index (χ1) is 8.97. The van der Waals surface area contributed by atoms with Crippen LogP contribution in [0.4, 0.5) is 5.69 Å². The maximum atomic E-state index is 11.9. The molecular weight excluding hydrogens is 241 g/mol. The van der Waals surface area contributed by atoms with Gasteiger partial charge in [-0.05, 0) is 49.8 Å². The predicted molar refractivity (Wildman–Crippen MR) is 74.1 cm³/mol. The molecule has 5 heteroatoms. The van der Waals surface area contributed by atoms with E-state index in [1.807, 2.05) is 32.0 Å². The van der Waals surface area contributed by atoms with Crippen molar-refractivity contribution in [3.63, 3.8) is 0 Å². The Kier molecular flexibility index (Phi) is 2.91. The Morgan fingerprint density at radius 2 is 2.21 bits per heavy atom. The van der Waals surface area contributed by atoms with E-state index in [0.717, 1.165) is 36.0 Å². The molecule has 3 rings (SSSR count). The Hall–Kier alpha value is -1.33. The van der Waals surface area contributed by atoms with E-state index in [9.17, 15) is 9.82 Å². The van der Waals surface area contributed by atoms with Gasteiger partial charge in [0.1, 0.15) is 0 Å². The van der Waals surface area contributed by atoms with E-state index in [1.165, 1.54) is 0 Å². The van der Waals surface area contributed by atoms with Gasteiger partial charge in [0.25, 0.3) is 0 Å². The lowest BCUT2D eigenvalue weighted by Gasteiger charge is -2.24. The van der Waals surface area contributed by atoms with Crippen LogP contribution in [0.3, 0.4) is 0 Å². The van der Waals surface area contributed by atoms with E-state index in [1.54, 1.807) is 0 Å². The minimum absolute atomic E-state index is 0.0823. The molecule has 1 aromatic rings. The van der Waals surface area contributed by atoms with Crippen molar-refractivity contribution in [2.45, 2.75) is 38.7 Å². The fourth-order valence-corrected chi connectivity index (χ4v) is 2.71. The van der Waals surface area contributed by atoms with Crippen molar-refractivity contribution in [1.29, 1.82) is 0 Å². The molecule has 2 N–H and O–H groups in total. The lowest BCUT2D eigenvalue weighted by molar-refractivity contribution is -0.122. The van der Waals surface area contributed by atoms with Crippen LogP contribution in [0.5, 0.6) is 0 Å². The zero-order valence-corrected chi connectivity index (χ0v) is 11.3. The fourth-order valence-electron chi connectivity index (χ4n) is 2.71. The normalized spacial score (nSPS) is 20.9. The minimum atomic E-state index is -0.912. The van der Waals surface area contributed by atoms with E-state index in [2.05, 4.69) is 5.32 Å². The highest BCUT2D eigenvalue weighted by Crippen LogP contribution is 2.31. The van der Waals surface area contributed by atoms with Gasteiger partial charge in [-0.2, -0.15) is 0 Å². The van der Waals surface area contributed by atoms with Gasteiger partial charge in [-0.1, -0.05) is 12.5 Å². The van der Waals surface area contributed by atoms with Crippen molar-refractivity contribution < 1.29 is 14.5 Å². The van der Waals surface area contributed by atoms with Gasteiger partial charge in [-0.3, -0.25) is 4.79 Å². The summed E-state index contributed by atoms with van der Waals surface area (Å²) in [4.78, 5) is 11.9. The predicted octanol–water partition coefficient (Wildman–Crippen LogP) is 1.38. The van der Waals surface area contributed by atoms with E-state index < -0.39 is 12.7 Å². The molecule has 1 amide bonds. The molecule has 1 fully saturated rings. The Morgan fingerprint density at radius 1 is 1.47 bits per heavy atom. The largest absolute Gasteiger partial charge is 0.492 e. The van der Waals surface area contributed by atoms with Crippen LogP contribution in [0.1, 0.15) is 38.7 Å². The van der Waals surface area contributed by atoms with Crippen LogP contribution in [-0.4, -0.2) is 18.0 Å². The van der Waals surface area contributed by atoms with Crippen LogP contribution in [0.2, 0.25) is 0 Å². The molecule has 0 saturated heterocycles. The molecule has 0 atom stereocenters. The molecule has 100 valence electrons. The second-order valence-electron chi connectivity index (χ2n) is 5.90. The van der Waals surface area contributed by atoms with Crippen LogP contribution in [-0.2, 0) is 15.0 Å². The SMILES string of the molecule is CC1(C)OB(O)c2cc(NC(=O)C3CCC3)ccc21. The number of carbonyl (C=O) groups excluding carboxylic acids is 1. The average molecular weight is 259 g/mol. The smallest absolute Gasteiger partial charge is 0.423 e. The number of carbonyl (C=O) groups is 1. The van der Waals surface area contributed by atoms with Crippen LogP contribution < -0.4 is 10.8 Å². The van der Waals surface area contributed by atoms with Gasteiger partial charge in [0.2, 0.25) is 5.91 Å². The number of nitrogens with one attached hydrogen (secondary N) is 1. The highest BCUT2D eigenvalue weighted by molar-refractivity contribution is 6.62. The first kappa shape index (κ1) is 12.7. The molecule has 0 aromatic heterocycles. The molecule has 1 aliphatic carbocycles. The van der Waals surface area contributed by atoms with Crippen LogP contribution in [0.15, 0.2) is 18.2 Å². The number of benzene rings is 1. The number of anilines is 1. The third-order valence-electron chi connectivity index (χ3n) is 4.12. The Morgan fingerprint density at radius 3 is 2.84 bits per heavy atom. The van der Waals surface area contributed by atoms with Gasteiger partial charge >= 0.3 is 7.12 Å². The monoisotopic (exact) mass is 259 g/mol. The molecule has 1 aliphatic heterocycles. The van der Waals surface area contributed by atoms with Crippen LogP contribution >= 0.6 is 0 Å². The number of hydrogen-bond donors (Lipinski definition) is 2. The molecule has 2 aliphatic rings. The fraction of sp³-hybridized carbons (Fsp3) is 0.500. The standard InChI is InChI=1S/C14H18BNO3/c1-14(2)11-7-6-10(8-12(11)15(18)19-14)16-13(17)9-4-3-5-9/h6-9,18H,3-5H2,1-2H3,(H,16,17). The lowest BCUT2D eigenvalue weighted by atomic mass is 9.78. The summed E-state index contributed by atoms with van der Waals surface area (Å²) in [6.45, 7) is 3.85. The quantitative estimate of drug-likeness (QED) is 0.789. The van der Waals surface area contributed by atoms with Crippen molar-refractivity contribution in [2.75, 3.05) is 5.32 Å². The van der Waals surface area contributed by atoms with Gasteiger partial charge in [0.05, 0.1) is 5.60 Å². The molecular formula is C14H18BNO3. The summed E-state index contributed by atoms with van der Waals surface area (Å²) in [7, 11) is -0.912. The maximum absolute atomic E-state index is 11.9. The second kappa shape index (κ2) is 4.35. The van der Waals surface area contributed by atoms with E-state index in [0.29, 0.717) is 0 Å². The summed E-state index contributed by atoms with van der Waals surface area (Å²) in [5.74, 6) is 0.240. The van der Waals surface area contributed by atoms with Gasteiger partial charge in [-0.25, -0.2) is 0 Å². The van der Waals surface area contributed by atoms with Crippen molar-refractivity contribution >= 4 is 24.2 Å². The molecule has 4 nitrogen and oxygen atoms in total. The summed E-state index contributed by atoms with van der Waals surface area (Å²) >= 11 is 0. The minimum Gasteiger partial charge on any atom is -0.423 e. The number of hydrogen-bond acceptors (Lipinski definition) is 3. The summed E-state index contributed by atoms with van der Waals surface area (Å²) in [6, 6.07) is 5.60. The molecule has 0 unspecified atom stereocenters. The van der Waals surface area contributed by atoms with E-state index >= 15 is 0 Å². The first-order valence-electron chi connectivity index (χ1n) is 6.78. The average Bonchev–Trinajstić information content (AvgIpc) is 2.46. The highest BCUT2D eigenvalue weighted by Gasteiger charge is 2.40. The number of fused-ring (bicyclic) bond motifs is 1. The van der Waals surface area contributed by atoms with E-state index in [-0.39, 0.29) is 11.8 Å². The third kappa shape index (κ3) is 2.17. The van der Waals surface area contributed by atoms with Crippen molar-refractivity contribution in [2.24, 2.45) is 5.92 Å². The lowest BCUT2D eigenvalue weighted by Crippen LogP contribution is -2.30. The molecule has 19 heavy (non-hydrogen) atoms. The molecule has 0 bridgehead atoms. The molecule has 1 heterocycles. The highest BCUT2D eigenvalue weighted by atomic mass is 16.5. The zero-order chi connectivity index (χ0) is 13.6. The first-order valence-corrected chi connectivity index (χ1v) is 6.78. The summed E-state index contributed by atoms with van der Waals surface area (Å²) in [6.07, 6.45) is 3.11. The maximum Gasteiger partial charge on any atom is 0.492 e. The van der Waals surface area contributed by atoms with Crippen molar-refractivity contribution in [1.82, 2.24) is 0 Å². The summed E-state index contributed by atoms with van der Waals surface area (Å²) < 4.78 is 5.50. The third-order valence-corrected chi connectivity index (χ3v) is 4.12. The number of rotatable bonds is 2. The van der Waals surface area contributed by atoms with Crippen LogP contribution in [0.25, 0.3) is 0 Å². The zero-order valence-electron chi connectivity index (χ0n) is 11.3. The van der Waals surface area contributed by atoms with Crippen molar-refractivity contribution in [3.8, 4) is 0 Å². The Bertz CT molecular complexity index is 525. The molecule has 0 radical (unpaired) electrons. The molecule has 1 saturated carbocycles. The van der Waals surface area contributed by atoms with Gasteiger partial charge in [0, 0.05) is 11.6 Å². The molecule has 1 aromatic carbocycles. The summed E-state index contributed by atoms with van der Waals surface area (Å²) in [5, 5.41) is 12.8. The van der Waals surface area contributed by atoms with Crippen molar-refractivity contribution in [3.05, 3.63) is 23.8 Å². The van der Waals surface area contributed by atoms with Gasteiger partial charge in [-0.15, -0.1) is 0 Å². The number of amides is 1. The van der Waals surface area contributed by atoms with Gasteiger partial charge < -0.3 is 15.0 Å². The summed E-state index contributed by atoms with van der Waals surface area (Å²) in [5.41, 5.74) is 1.97. The van der Waals surface area contributed by atoms with Gasteiger partial charge in [0.15, 0.2) is 0 Å². The Balaban J connectivity index is 1.82.